The summed E-state index contributed by atoms with van der Waals surface area (Å²) in [7, 11) is 1.80. The second-order valence-electron chi connectivity index (χ2n) is 6.98. The molecule has 1 aromatic carbocycles. The van der Waals surface area contributed by atoms with E-state index in [0.717, 1.165) is 58.0 Å². The lowest BCUT2D eigenvalue weighted by molar-refractivity contribution is 0.00534. The highest BCUT2D eigenvalue weighted by molar-refractivity contribution is 5.79. The largest absolute Gasteiger partial charge is 0.378 e. The fourth-order valence-electron chi connectivity index (χ4n) is 3.07. The minimum atomic E-state index is 0.392. The van der Waals surface area contributed by atoms with Crippen molar-refractivity contribution in [3.63, 3.8) is 0 Å². The van der Waals surface area contributed by atoms with E-state index in [1.54, 1.807) is 7.05 Å². The Balaban J connectivity index is 1.54. The van der Waals surface area contributed by atoms with Crippen LogP contribution in [0.4, 0.5) is 0 Å². The first-order valence-corrected chi connectivity index (χ1v) is 9.52. The van der Waals surface area contributed by atoms with Gasteiger partial charge in [-0.25, -0.2) is 0 Å². The highest BCUT2D eigenvalue weighted by atomic mass is 16.5. The van der Waals surface area contributed by atoms with E-state index in [-0.39, 0.29) is 0 Å². The summed E-state index contributed by atoms with van der Waals surface area (Å²) in [5, 5.41) is 6.61. The maximum absolute atomic E-state index is 6.05. The summed E-state index contributed by atoms with van der Waals surface area (Å²) in [6.45, 7) is 9.24. The molecule has 0 unspecified atom stereocenters. The van der Waals surface area contributed by atoms with Crippen LogP contribution in [0.3, 0.4) is 0 Å². The molecule has 0 amide bonds. The zero-order valence-electron chi connectivity index (χ0n) is 16.0. The number of guanidine groups is 1. The van der Waals surface area contributed by atoms with E-state index >= 15 is 0 Å². The molecule has 0 bridgehead atoms. The molecule has 1 aliphatic rings. The van der Waals surface area contributed by atoms with Crippen LogP contribution in [0.5, 0.6) is 0 Å². The lowest BCUT2D eigenvalue weighted by Gasteiger charge is -2.32. The van der Waals surface area contributed by atoms with Crippen molar-refractivity contribution in [3.8, 4) is 0 Å². The number of piperidine rings is 1. The molecule has 0 aliphatic carbocycles. The van der Waals surface area contributed by atoms with Gasteiger partial charge in [0.2, 0.25) is 0 Å². The fraction of sp³-hybridized carbons (Fsp3) is 0.650. The molecule has 0 atom stereocenters. The highest BCUT2D eigenvalue weighted by Crippen LogP contribution is 2.16. The van der Waals surface area contributed by atoms with E-state index in [4.69, 9.17) is 4.74 Å². The van der Waals surface area contributed by atoms with Gasteiger partial charge < -0.3 is 15.4 Å². The van der Waals surface area contributed by atoms with Crippen LogP contribution in [-0.4, -0.2) is 56.3 Å². The van der Waals surface area contributed by atoms with Crippen LogP contribution in [-0.2, 0) is 11.3 Å². The number of ether oxygens (including phenoxy) is 1. The number of hydrogen-bond donors (Lipinski definition) is 2. The van der Waals surface area contributed by atoms with Gasteiger partial charge in [-0.15, -0.1) is 0 Å². The van der Waals surface area contributed by atoms with Crippen LogP contribution < -0.4 is 10.6 Å². The van der Waals surface area contributed by atoms with Gasteiger partial charge in [0.25, 0.3) is 0 Å². The van der Waals surface area contributed by atoms with Crippen LogP contribution >= 0.6 is 0 Å². The predicted molar refractivity (Wildman–Crippen MR) is 105 cm³/mol. The highest BCUT2D eigenvalue weighted by Gasteiger charge is 2.19. The summed E-state index contributed by atoms with van der Waals surface area (Å²) in [5.41, 5.74) is 1.40. The van der Waals surface area contributed by atoms with Crippen molar-refractivity contribution in [1.29, 1.82) is 0 Å². The van der Waals surface area contributed by atoms with E-state index in [2.05, 4.69) is 64.7 Å². The molecule has 1 saturated heterocycles. The molecule has 1 aliphatic heterocycles. The topological polar surface area (TPSA) is 48.9 Å². The molecule has 5 nitrogen and oxygen atoms in total. The standard InChI is InChI=1S/C20H34N4O/c1-17(2)23-20(21-3)22-12-7-15-25-19-10-13-24(14-11-19)16-18-8-5-4-6-9-18/h4-6,8-9,17,19H,7,10-16H2,1-3H3,(H2,21,22,23). The SMILES string of the molecule is CN=C(NCCCOC1CCN(Cc2ccccc2)CC1)NC(C)C. The molecule has 1 aromatic rings. The normalized spacial score (nSPS) is 17.0. The molecular formula is C20H34N4O. The van der Waals surface area contributed by atoms with E-state index in [1.807, 2.05) is 0 Å². The molecule has 0 aromatic heterocycles. The van der Waals surface area contributed by atoms with Crippen LogP contribution in [0.1, 0.15) is 38.7 Å². The lowest BCUT2D eigenvalue weighted by Crippen LogP contribution is -2.41. The number of nitrogens with one attached hydrogen (secondary N) is 2. The predicted octanol–water partition coefficient (Wildman–Crippen LogP) is 2.63. The molecule has 140 valence electrons. The number of nitrogens with zero attached hydrogens (tertiary/aromatic N) is 2. The Morgan fingerprint density at radius 2 is 1.96 bits per heavy atom. The maximum Gasteiger partial charge on any atom is 0.191 e. The third-order valence-corrected chi connectivity index (χ3v) is 4.40. The quantitative estimate of drug-likeness (QED) is 0.432. The Hall–Kier alpha value is -1.59. The van der Waals surface area contributed by atoms with Gasteiger partial charge in [-0.2, -0.15) is 0 Å². The molecule has 0 saturated carbocycles. The molecule has 2 N–H and O–H groups in total. The van der Waals surface area contributed by atoms with Gasteiger partial charge in [0.1, 0.15) is 0 Å². The summed E-state index contributed by atoms with van der Waals surface area (Å²) in [4.78, 5) is 6.73. The van der Waals surface area contributed by atoms with Gasteiger partial charge in [-0.1, -0.05) is 30.3 Å². The third-order valence-electron chi connectivity index (χ3n) is 4.40. The van der Waals surface area contributed by atoms with Crippen LogP contribution in [0.2, 0.25) is 0 Å². The molecule has 1 fully saturated rings. The van der Waals surface area contributed by atoms with Crippen LogP contribution in [0.15, 0.2) is 35.3 Å². The summed E-state index contributed by atoms with van der Waals surface area (Å²) < 4.78 is 6.05. The molecule has 5 heteroatoms. The van der Waals surface area contributed by atoms with Gasteiger partial charge in [0, 0.05) is 45.9 Å². The Morgan fingerprint density at radius 3 is 2.60 bits per heavy atom. The van der Waals surface area contributed by atoms with Crippen molar-refractivity contribution >= 4 is 5.96 Å². The second-order valence-corrected chi connectivity index (χ2v) is 6.98. The Labute approximate surface area is 152 Å². The van der Waals surface area contributed by atoms with Crippen molar-refractivity contribution in [2.75, 3.05) is 33.3 Å². The smallest absolute Gasteiger partial charge is 0.191 e. The summed E-state index contributed by atoms with van der Waals surface area (Å²) >= 11 is 0. The van der Waals surface area contributed by atoms with E-state index < -0.39 is 0 Å². The molecular weight excluding hydrogens is 312 g/mol. The van der Waals surface area contributed by atoms with Crippen molar-refractivity contribution in [3.05, 3.63) is 35.9 Å². The lowest BCUT2D eigenvalue weighted by atomic mass is 10.1. The first-order chi connectivity index (χ1) is 12.2. The van der Waals surface area contributed by atoms with Crippen molar-refractivity contribution in [1.82, 2.24) is 15.5 Å². The number of hydrogen-bond acceptors (Lipinski definition) is 3. The Kier molecular flexibility index (Phi) is 8.77. The minimum absolute atomic E-state index is 0.392. The van der Waals surface area contributed by atoms with Crippen molar-refractivity contribution in [2.45, 2.75) is 51.8 Å². The Bertz CT molecular complexity index is 496. The second kappa shape index (κ2) is 11.1. The molecule has 25 heavy (non-hydrogen) atoms. The van der Waals surface area contributed by atoms with Gasteiger partial charge in [0.15, 0.2) is 5.96 Å². The average molecular weight is 347 g/mol. The molecule has 2 rings (SSSR count). The zero-order chi connectivity index (χ0) is 17.9. The van der Waals surface area contributed by atoms with Crippen LogP contribution in [0.25, 0.3) is 0 Å². The van der Waals surface area contributed by atoms with Gasteiger partial charge in [-0.05, 0) is 38.7 Å². The number of rotatable bonds is 8. The van der Waals surface area contributed by atoms with Gasteiger partial charge in [-0.3, -0.25) is 9.89 Å². The number of aliphatic imine (C=N–C) groups is 1. The first-order valence-electron chi connectivity index (χ1n) is 9.52. The number of likely N-dealkylation sites (tertiary alicyclic amines) is 1. The van der Waals surface area contributed by atoms with Crippen LogP contribution in [0, 0.1) is 0 Å². The zero-order valence-corrected chi connectivity index (χ0v) is 16.0. The Morgan fingerprint density at radius 1 is 1.24 bits per heavy atom. The molecule has 0 spiro atoms. The maximum atomic E-state index is 6.05. The van der Waals surface area contributed by atoms with E-state index in [9.17, 15) is 0 Å². The van der Waals surface area contributed by atoms with Crippen molar-refractivity contribution in [2.24, 2.45) is 4.99 Å². The number of benzene rings is 1. The minimum Gasteiger partial charge on any atom is -0.378 e. The van der Waals surface area contributed by atoms with Crippen molar-refractivity contribution < 1.29 is 4.74 Å². The van der Waals surface area contributed by atoms with Gasteiger partial charge >= 0.3 is 0 Å². The summed E-state index contributed by atoms with van der Waals surface area (Å²) in [6, 6.07) is 11.1. The average Bonchev–Trinajstić information content (AvgIpc) is 2.62. The fourth-order valence-corrected chi connectivity index (χ4v) is 3.07. The van der Waals surface area contributed by atoms with E-state index in [1.165, 1.54) is 5.56 Å². The molecule has 0 radical (unpaired) electrons. The summed E-state index contributed by atoms with van der Waals surface area (Å²) in [5.74, 6) is 0.865. The monoisotopic (exact) mass is 346 g/mol. The molecule has 1 heterocycles. The summed E-state index contributed by atoms with van der Waals surface area (Å²) in [6.07, 6.45) is 3.69. The van der Waals surface area contributed by atoms with E-state index in [0.29, 0.717) is 12.1 Å². The first kappa shape index (κ1) is 19.7. The van der Waals surface area contributed by atoms with Gasteiger partial charge in [0.05, 0.1) is 6.10 Å². The third kappa shape index (κ3) is 7.88.